The number of aliphatic hydroxyl groups is 11. The lowest BCUT2D eigenvalue weighted by Crippen LogP contribution is -2.65. The topological polar surface area (TPSA) is 758 Å². The highest BCUT2D eigenvalue weighted by molar-refractivity contribution is 7.14. The lowest BCUT2D eigenvalue weighted by atomic mass is 9.97. The molecular weight excluding hydrogens is 1430 g/mol. The third-order valence-electron chi connectivity index (χ3n) is 16.6. The first-order chi connectivity index (χ1) is 49.1. The molecule has 0 radical (unpaired) electrons. The fourth-order valence-electron chi connectivity index (χ4n) is 10.6. The van der Waals surface area contributed by atoms with Crippen LogP contribution in [0.3, 0.4) is 0 Å². The van der Waals surface area contributed by atoms with E-state index in [-0.39, 0.29) is 45.7 Å². The second-order valence-electron chi connectivity index (χ2n) is 24.3. The zero-order chi connectivity index (χ0) is 76.9. The van der Waals surface area contributed by atoms with Crippen molar-refractivity contribution in [2.75, 3.05) is 38.6 Å². The number of thiazole rings is 2. The van der Waals surface area contributed by atoms with Crippen LogP contribution in [0.1, 0.15) is 94.9 Å². The Morgan fingerprint density at radius 2 is 1.41 bits per heavy atom. The van der Waals surface area contributed by atoms with Gasteiger partial charge in [-0.15, -0.1) is 22.7 Å². The maximum absolute atomic E-state index is 15.2. The van der Waals surface area contributed by atoms with E-state index in [0.717, 1.165) is 49.0 Å². The number of aliphatic hydroxyl groups excluding tert-OH is 11. The molecule has 47 heteroatoms. The molecule has 32 N–H and O–H groups in total. The number of amides is 8. The normalized spacial score (nSPS) is 27.8. The molecule has 3 aliphatic rings. The van der Waals surface area contributed by atoms with Crippen LogP contribution in [-0.4, -0.2) is 301 Å². The molecule has 0 aliphatic carbocycles. The van der Waals surface area contributed by atoms with Crippen molar-refractivity contribution < 1.29 is 128 Å². The van der Waals surface area contributed by atoms with E-state index in [2.05, 4.69) is 61.8 Å². The quantitative estimate of drug-likeness (QED) is 0.0190. The smallest absolute Gasteiger partial charge is 0.404 e. The molecule has 7 heterocycles. The van der Waals surface area contributed by atoms with Gasteiger partial charge in [-0.25, -0.2) is 29.7 Å². The summed E-state index contributed by atoms with van der Waals surface area (Å²) in [6, 6.07) is -9.66. The number of anilines is 1. The monoisotopic (exact) mass is 1520 g/mol. The number of nitrogen functional groups attached to an aromatic ring is 1. The van der Waals surface area contributed by atoms with Crippen LogP contribution in [0.15, 0.2) is 23.3 Å². The van der Waals surface area contributed by atoms with Crippen LogP contribution in [0, 0.1) is 6.92 Å². The van der Waals surface area contributed by atoms with Crippen LogP contribution in [0.4, 0.5) is 10.6 Å². The number of nitrogens with two attached hydrogens (primary N) is 7. The molecule has 25 atom stereocenters. The predicted octanol–water partition coefficient (Wildman–Crippen LogP) is -11.6. The number of nitrogens with one attached hydrogen (secondary N) is 7. The van der Waals surface area contributed by atoms with Crippen LogP contribution in [-0.2, 0) is 57.1 Å². The van der Waals surface area contributed by atoms with E-state index in [1.165, 1.54) is 24.6 Å². The van der Waals surface area contributed by atoms with Crippen molar-refractivity contribution in [1.29, 1.82) is 0 Å². The van der Waals surface area contributed by atoms with Crippen LogP contribution >= 0.6 is 22.7 Å². The SMILES string of the molecule is Cc1c(N)nc(C(CC(N)=O)NCC(N)C(N)=O)nc1C(=O)NC(C(=O)NC(C)C(O)CC(=O)NC(C(=O)NC(OC1OC(C)C(N)C(O)C1O)C(O)c1nc(-c2nc(C(=O)NCCN)cs2)cs1)C(C)O)C(OC1OC(CO)C(O)C(O)C1OC1OC(CO)C(O)C(OC(N)=O)C1O)c1cnc[nH]1. The van der Waals surface area contributed by atoms with Gasteiger partial charge in [0.1, 0.15) is 112 Å². The van der Waals surface area contributed by atoms with Crippen molar-refractivity contribution in [3.63, 3.8) is 0 Å². The Morgan fingerprint density at radius 3 is 2.04 bits per heavy atom. The van der Waals surface area contributed by atoms with Gasteiger partial charge in [0.25, 0.3) is 11.8 Å². The van der Waals surface area contributed by atoms with Crippen LogP contribution in [0.2, 0.25) is 0 Å². The molecule has 0 saturated carbocycles. The van der Waals surface area contributed by atoms with Gasteiger partial charge in [-0.2, -0.15) is 0 Å². The molecule has 3 fully saturated rings. The predicted molar refractivity (Wildman–Crippen MR) is 350 cm³/mol. The Bertz CT molecular complexity index is 3570. The molecule has 45 nitrogen and oxygen atoms in total. The summed E-state index contributed by atoms with van der Waals surface area (Å²) in [6.07, 6.45) is -37.8. The minimum atomic E-state index is -2.26. The molecule has 578 valence electrons. The van der Waals surface area contributed by atoms with Gasteiger partial charge in [0.15, 0.2) is 37.3 Å². The Kier molecular flexibility index (Phi) is 29.9. The number of ether oxygens (including phenoxy) is 7. The third kappa shape index (κ3) is 20.8. The zero-order valence-corrected chi connectivity index (χ0v) is 57.5. The average Bonchev–Trinajstić information content (AvgIpc) is 0.850. The van der Waals surface area contributed by atoms with Gasteiger partial charge < -0.3 is 166 Å². The number of H-pyrrole nitrogens is 1. The van der Waals surface area contributed by atoms with E-state index in [9.17, 15) is 89.7 Å². The summed E-state index contributed by atoms with van der Waals surface area (Å²) in [5.74, 6) is -8.37. The highest BCUT2D eigenvalue weighted by atomic mass is 32.1. The fourth-order valence-corrected chi connectivity index (χ4v) is 12.3. The molecule has 7 rings (SSSR count). The second-order valence-corrected chi connectivity index (χ2v) is 26.0. The molecule has 104 heavy (non-hydrogen) atoms. The minimum Gasteiger partial charge on any atom is -0.441 e. The summed E-state index contributed by atoms with van der Waals surface area (Å²) in [5.41, 5.74) is 38.8. The van der Waals surface area contributed by atoms with Crippen molar-refractivity contribution in [3.8, 4) is 10.7 Å². The average molecular weight is 1520 g/mol. The number of carbonyl (C=O) groups excluding carboxylic acids is 8. The van der Waals surface area contributed by atoms with Crippen molar-refractivity contribution in [2.45, 2.75) is 193 Å². The Labute approximate surface area is 597 Å². The fraction of sp³-hybridized carbons (Fsp3) is 0.632. The number of imidazole rings is 1. The number of aromatic amines is 1. The van der Waals surface area contributed by atoms with Crippen molar-refractivity contribution >= 4 is 75.9 Å². The van der Waals surface area contributed by atoms with E-state index < -0.39 is 250 Å². The van der Waals surface area contributed by atoms with Crippen LogP contribution in [0.5, 0.6) is 0 Å². The number of hydrogen-bond acceptors (Lipinski definition) is 38. The number of nitrogens with zero attached hydrogens (tertiary/aromatic N) is 5. The van der Waals surface area contributed by atoms with Crippen LogP contribution < -0.4 is 72.0 Å². The molecule has 25 unspecified atom stereocenters. The second kappa shape index (κ2) is 37.4. The summed E-state index contributed by atoms with van der Waals surface area (Å²) in [6.45, 7) is 2.78. The van der Waals surface area contributed by atoms with Gasteiger partial charge in [-0.3, -0.25) is 33.6 Å². The lowest BCUT2D eigenvalue weighted by molar-refractivity contribution is -0.372. The minimum absolute atomic E-state index is 0.0336. The highest BCUT2D eigenvalue weighted by Crippen LogP contribution is 2.36. The summed E-state index contributed by atoms with van der Waals surface area (Å²) in [4.78, 5) is 131. The molecule has 3 saturated heterocycles. The number of hydrogen-bond donors (Lipinski definition) is 25. The summed E-state index contributed by atoms with van der Waals surface area (Å²) in [5, 5.41) is 140. The Balaban J connectivity index is 1.19. The van der Waals surface area contributed by atoms with E-state index >= 15 is 4.79 Å². The van der Waals surface area contributed by atoms with Gasteiger partial charge >= 0.3 is 6.09 Å². The zero-order valence-electron chi connectivity index (χ0n) is 55.8. The Hall–Kier alpha value is -7.93. The van der Waals surface area contributed by atoms with Gasteiger partial charge in [-0.1, -0.05) is 0 Å². The van der Waals surface area contributed by atoms with Gasteiger partial charge in [0, 0.05) is 42.4 Å². The standard InChI is InChI=1S/C57H87N19O26S2/c1-16-31(73-46(75-44(16)62)21(7-28(60)81)67-9-20(59)45(63)90)48(92)74-33(41(22-10-65-15-68-22)99-56-43(37(86)34(83)26(11-77)98-56)100-55-39(88)42(101-57(64)95)35(84)27(12-78)97-55)50(94)69-17(2)25(80)8-29(82)72-32(18(3)79)49(93)76-51(102-54-38(87)36(85)30(61)19(4)96-54)40(89)53-71-24(14-104-53)52-70-23(13-103-52)47(91)66-6-5-58/h10,13-15,17-21,25-27,30,32-43,51,54-56,67,77-80,83-89H,5-9,11-12,58-59,61H2,1-4H3,(H2,60,81)(H2,63,90)(H2,64,95)(H,65,68)(H,66,91)(H,69,94)(H,72,82)(H,74,92)(H,76,93)(H2,62,73,75). The molecular formula is C57H87N19O26S2. The van der Waals surface area contributed by atoms with Gasteiger partial charge in [0.2, 0.25) is 29.5 Å². The van der Waals surface area contributed by atoms with Gasteiger partial charge in [-0.05, 0) is 27.7 Å². The third-order valence-corrected chi connectivity index (χ3v) is 18.4. The summed E-state index contributed by atoms with van der Waals surface area (Å²) < 4.78 is 40.3. The maximum atomic E-state index is 15.2. The number of rotatable bonds is 35. The number of primary amides is 3. The molecule has 0 aromatic carbocycles. The molecule has 8 amide bonds. The Morgan fingerprint density at radius 1 is 0.740 bits per heavy atom. The van der Waals surface area contributed by atoms with E-state index in [1.54, 1.807) is 0 Å². The summed E-state index contributed by atoms with van der Waals surface area (Å²) in [7, 11) is 0. The first kappa shape index (κ1) is 83.3. The van der Waals surface area contributed by atoms with E-state index in [0.29, 0.717) is 0 Å². The molecule has 3 aliphatic heterocycles. The van der Waals surface area contributed by atoms with Crippen molar-refractivity contribution in [3.05, 3.63) is 56.8 Å². The van der Waals surface area contributed by atoms with Gasteiger partial charge in [0.05, 0.1) is 80.3 Å². The molecule has 4 aromatic heterocycles. The molecule has 0 bridgehead atoms. The van der Waals surface area contributed by atoms with E-state index in [4.69, 9.17) is 73.3 Å². The van der Waals surface area contributed by atoms with Crippen molar-refractivity contribution in [2.24, 2.45) is 34.4 Å². The first-order valence-electron chi connectivity index (χ1n) is 31.9. The largest absolute Gasteiger partial charge is 0.441 e. The first-order valence-corrected chi connectivity index (χ1v) is 33.6. The molecule has 0 spiro atoms. The highest BCUT2D eigenvalue weighted by Gasteiger charge is 2.54. The van der Waals surface area contributed by atoms with Crippen molar-refractivity contribution in [1.82, 2.24) is 61.8 Å². The lowest BCUT2D eigenvalue weighted by Gasteiger charge is -2.47. The maximum Gasteiger partial charge on any atom is 0.404 e. The molecule has 4 aromatic rings. The number of aromatic nitrogens is 6. The summed E-state index contributed by atoms with van der Waals surface area (Å²) >= 11 is 1.86. The van der Waals surface area contributed by atoms with Crippen LogP contribution in [0.25, 0.3) is 10.7 Å². The van der Waals surface area contributed by atoms with E-state index in [1.807, 2.05) is 0 Å². The number of carbonyl (C=O) groups is 8.